The number of rotatable bonds is 4. The largest absolute Gasteiger partial charge is 0.330 e. The average molecular weight is 459 g/mol. The third-order valence-corrected chi connectivity index (χ3v) is 9.10. The van der Waals surface area contributed by atoms with Gasteiger partial charge in [0.2, 0.25) is 5.95 Å². The Morgan fingerprint density at radius 3 is 2.74 bits per heavy atom. The van der Waals surface area contributed by atoms with E-state index in [4.69, 9.17) is 4.98 Å². The Labute approximate surface area is 197 Å². The Morgan fingerprint density at radius 2 is 1.97 bits per heavy atom. The van der Waals surface area contributed by atoms with Gasteiger partial charge in [-0.2, -0.15) is 10.1 Å². The molecule has 4 fully saturated rings. The highest BCUT2D eigenvalue weighted by Gasteiger charge is 2.55. The fourth-order valence-corrected chi connectivity index (χ4v) is 7.69. The molecular formula is C25H30N8O. The van der Waals surface area contributed by atoms with Crippen molar-refractivity contribution in [2.24, 2.45) is 30.2 Å². The standard InChI is InChI=1S/C25H30N8O/c1-4-25-8-15-6-16(9-25)21(17(7-15)10-25)33-22-19(31(3)24(33)34)11-26-23(30-22)29-18-12-32-20(5-14(18)2)27-13-28-32/h5,11-13,15-17,21H,4,6-10H2,1-3H3,(H,26,29,30). The SMILES string of the molecule is CCC12CC3CC(C1)C(n1c(=O)n(C)c4cnc(Nc5cn6ncnc6cc5C)nc41)C(C3)C2. The van der Waals surface area contributed by atoms with E-state index in [0.29, 0.717) is 23.2 Å². The number of imidazole rings is 1. The van der Waals surface area contributed by atoms with Crippen LogP contribution in [0.15, 0.2) is 29.6 Å². The van der Waals surface area contributed by atoms with Crippen molar-refractivity contribution in [2.45, 2.75) is 58.4 Å². The summed E-state index contributed by atoms with van der Waals surface area (Å²) in [7, 11) is 1.84. The number of fused-ring (bicyclic) bond motifs is 2. The highest BCUT2D eigenvalue weighted by molar-refractivity contribution is 5.73. The molecule has 0 aliphatic heterocycles. The molecule has 9 heteroatoms. The highest BCUT2D eigenvalue weighted by atomic mass is 16.1. The number of pyridine rings is 1. The molecule has 0 radical (unpaired) electrons. The number of aromatic nitrogens is 7. The van der Waals surface area contributed by atoms with Crippen LogP contribution in [0.3, 0.4) is 0 Å². The predicted octanol–water partition coefficient (Wildman–Crippen LogP) is 4.00. The molecule has 176 valence electrons. The zero-order valence-electron chi connectivity index (χ0n) is 19.9. The lowest BCUT2D eigenvalue weighted by Crippen LogP contribution is -2.52. The Hall–Kier alpha value is -3.23. The van der Waals surface area contributed by atoms with Gasteiger partial charge >= 0.3 is 5.69 Å². The van der Waals surface area contributed by atoms with Gasteiger partial charge in [-0.05, 0) is 73.8 Å². The second-order valence-corrected chi connectivity index (χ2v) is 11.0. The van der Waals surface area contributed by atoms with Crippen LogP contribution in [-0.4, -0.2) is 33.7 Å². The molecular weight excluding hydrogens is 428 g/mol. The number of anilines is 2. The van der Waals surface area contributed by atoms with Gasteiger partial charge < -0.3 is 5.32 Å². The van der Waals surface area contributed by atoms with Gasteiger partial charge in [0.1, 0.15) is 11.8 Å². The van der Waals surface area contributed by atoms with E-state index in [9.17, 15) is 4.79 Å². The number of aryl methyl sites for hydroxylation is 2. The summed E-state index contributed by atoms with van der Waals surface area (Å²) in [5, 5.41) is 7.58. The van der Waals surface area contributed by atoms with Gasteiger partial charge in [0.05, 0.1) is 18.1 Å². The fraction of sp³-hybridized carbons (Fsp3) is 0.560. The monoisotopic (exact) mass is 458 g/mol. The van der Waals surface area contributed by atoms with Gasteiger partial charge in [0.15, 0.2) is 11.3 Å². The fourth-order valence-electron chi connectivity index (χ4n) is 7.69. The second kappa shape index (κ2) is 6.90. The average Bonchev–Trinajstić information content (AvgIpc) is 3.36. The second-order valence-electron chi connectivity index (χ2n) is 11.0. The van der Waals surface area contributed by atoms with Crippen LogP contribution in [0.5, 0.6) is 0 Å². The molecule has 4 aromatic rings. The predicted molar refractivity (Wildman–Crippen MR) is 129 cm³/mol. The molecule has 4 heterocycles. The zero-order chi connectivity index (χ0) is 23.2. The topological polar surface area (TPSA) is 94.9 Å². The van der Waals surface area contributed by atoms with E-state index in [2.05, 4.69) is 27.3 Å². The van der Waals surface area contributed by atoms with Crippen molar-refractivity contribution in [3.05, 3.63) is 40.8 Å². The summed E-state index contributed by atoms with van der Waals surface area (Å²) in [4.78, 5) is 27.2. The van der Waals surface area contributed by atoms with Crippen LogP contribution in [0.25, 0.3) is 16.8 Å². The van der Waals surface area contributed by atoms with Crippen LogP contribution >= 0.6 is 0 Å². The molecule has 4 aliphatic rings. The minimum Gasteiger partial charge on any atom is -0.323 e. The third-order valence-electron chi connectivity index (χ3n) is 9.10. The first-order valence-corrected chi connectivity index (χ1v) is 12.5. The smallest absolute Gasteiger partial charge is 0.323 e. The molecule has 9 nitrogen and oxygen atoms in total. The van der Waals surface area contributed by atoms with E-state index < -0.39 is 0 Å². The molecule has 4 aliphatic carbocycles. The maximum absolute atomic E-state index is 13.5. The molecule has 1 N–H and O–H groups in total. The quantitative estimate of drug-likeness (QED) is 0.497. The number of nitrogens with zero attached hydrogens (tertiary/aromatic N) is 7. The normalized spacial score (nSPS) is 30.0. The Balaban J connectivity index is 1.31. The van der Waals surface area contributed by atoms with Gasteiger partial charge in [-0.1, -0.05) is 13.3 Å². The molecule has 2 unspecified atom stereocenters. The van der Waals surface area contributed by atoms with Crippen LogP contribution in [0.4, 0.5) is 11.6 Å². The van der Waals surface area contributed by atoms with E-state index in [1.165, 1.54) is 44.9 Å². The number of nitrogens with one attached hydrogen (secondary N) is 1. The molecule has 4 bridgehead atoms. The van der Waals surface area contributed by atoms with Crippen molar-refractivity contribution < 1.29 is 0 Å². The van der Waals surface area contributed by atoms with E-state index in [0.717, 1.165) is 34.0 Å². The lowest BCUT2D eigenvalue weighted by molar-refractivity contribution is -0.0902. The van der Waals surface area contributed by atoms with E-state index in [1.54, 1.807) is 15.3 Å². The minimum absolute atomic E-state index is 0.0321. The van der Waals surface area contributed by atoms with Crippen LogP contribution in [0.1, 0.15) is 57.1 Å². The van der Waals surface area contributed by atoms with Crippen molar-refractivity contribution >= 4 is 28.4 Å². The van der Waals surface area contributed by atoms with Gasteiger partial charge in [-0.15, -0.1) is 0 Å². The molecule has 2 atom stereocenters. The van der Waals surface area contributed by atoms with Crippen molar-refractivity contribution in [1.82, 2.24) is 33.7 Å². The first-order chi connectivity index (χ1) is 16.4. The Morgan fingerprint density at radius 1 is 1.18 bits per heavy atom. The van der Waals surface area contributed by atoms with Gasteiger partial charge in [0.25, 0.3) is 0 Å². The lowest BCUT2D eigenvalue weighted by Gasteiger charge is -2.60. The highest BCUT2D eigenvalue weighted by Crippen LogP contribution is 2.64. The first kappa shape index (κ1) is 20.2. The summed E-state index contributed by atoms with van der Waals surface area (Å²) >= 11 is 0. The van der Waals surface area contributed by atoms with Crippen molar-refractivity contribution in [3.63, 3.8) is 0 Å². The summed E-state index contributed by atoms with van der Waals surface area (Å²) in [5.74, 6) is 2.46. The lowest BCUT2D eigenvalue weighted by atomic mass is 9.47. The summed E-state index contributed by atoms with van der Waals surface area (Å²) in [6, 6.07) is 2.22. The summed E-state index contributed by atoms with van der Waals surface area (Å²) in [6.45, 7) is 4.38. The molecule has 8 rings (SSSR count). The molecule has 34 heavy (non-hydrogen) atoms. The third kappa shape index (κ3) is 2.75. The number of hydrogen-bond donors (Lipinski definition) is 1. The zero-order valence-corrected chi connectivity index (χ0v) is 19.9. The van der Waals surface area contributed by atoms with E-state index in [-0.39, 0.29) is 11.7 Å². The van der Waals surface area contributed by atoms with Crippen LogP contribution in [-0.2, 0) is 7.05 Å². The number of hydrogen-bond acceptors (Lipinski definition) is 6. The molecule has 0 spiro atoms. The van der Waals surface area contributed by atoms with Gasteiger partial charge in [-0.3, -0.25) is 9.13 Å². The van der Waals surface area contributed by atoms with Crippen molar-refractivity contribution in [3.8, 4) is 0 Å². The summed E-state index contributed by atoms with van der Waals surface area (Å²) in [5.41, 5.74) is 4.75. The van der Waals surface area contributed by atoms with Crippen LogP contribution in [0, 0.1) is 30.1 Å². The Kier molecular flexibility index (Phi) is 4.09. The van der Waals surface area contributed by atoms with Gasteiger partial charge in [-0.25, -0.2) is 19.3 Å². The summed E-state index contributed by atoms with van der Waals surface area (Å²) in [6.07, 6.45) is 12.9. The maximum Gasteiger partial charge on any atom is 0.330 e. The van der Waals surface area contributed by atoms with Crippen LogP contribution < -0.4 is 11.0 Å². The van der Waals surface area contributed by atoms with Gasteiger partial charge in [0, 0.05) is 13.1 Å². The molecule has 4 aromatic heterocycles. The first-order valence-electron chi connectivity index (χ1n) is 12.5. The molecule has 0 saturated heterocycles. The van der Waals surface area contributed by atoms with Crippen LogP contribution in [0.2, 0.25) is 0 Å². The Bertz CT molecular complexity index is 1480. The molecule has 0 aromatic carbocycles. The van der Waals surface area contributed by atoms with Crippen molar-refractivity contribution in [1.29, 1.82) is 0 Å². The molecule has 4 saturated carbocycles. The molecule has 0 amide bonds. The van der Waals surface area contributed by atoms with E-state index >= 15 is 0 Å². The van der Waals surface area contributed by atoms with Crippen molar-refractivity contribution in [2.75, 3.05) is 5.32 Å². The maximum atomic E-state index is 13.5. The summed E-state index contributed by atoms with van der Waals surface area (Å²) < 4.78 is 5.46. The van der Waals surface area contributed by atoms with E-state index in [1.807, 2.05) is 30.8 Å². The minimum atomic E-state index is 0.0321.